The Balaban J connectivity index is 2.15. The molecule has 1 aromatic heterocycles. The largest absolute Gasteiger partial charge is 0.507 e. The van der Waals surface area contributed by atoms with Crippen molar-refractivity contribution in [3.63, 3.8) is 0 Å². The fraction of sp³-hybridized carbons (Fsp3) is 0.476. The lowest BCUT2D eigenvalue weighted by atomic mass is 9.94. The summed E-state index contributed by atoms with van der Waals surface area (Å²) in [5.41, 5.74) is 1.43. The standard InChI is InChI=1S/C21H27FN2O3/c1-15-13-18(25)19(21(26)24(15)11-12-27-2)20(23-9-4-3-5-10-23)16-7-6-8-17(22)14-16/h6-8,13-14,20,25H,3-5,9-12H2,1-2H3/t20-/m1/s1. The molecule has 0 unspecified atom stereocenters. The van der Waals surface area contributed by atoms with Gasteiger partial charge in [0.1, 0.15) is 11.6 Å². The molecule has 1 fully saturated rings. The third-order valence-corrected chi connectivity index (χ3v) is 5.24. The summed E-state index contributed by atoms with van der Waals surface area (Å²) in [6, 6.07) is 7.46. The first-order valence-corrected chi connectivity index (χ1v) is 9.44. The predicted octanol–water partition coefficient (Wildman–Crippen LogP) is 3.22. The molecule has 1 aromatic carbocycles. The van der Waals surface area contributed by atoms with Crippen molar-refractivity contribution in [2.24, 2.45) is 0 Å². The molecule has 5 nitrogen and oxygen atoms in total. The first-order valence-electron chi connectivity index (χ1n) is 9.44. The molecule has 0 bridgehead atoms. The number of aromatic nitrogens is 1. The van der Waals surface area contributed by atoms with Crippen LogP contribution < -0.4 is 5.56 Å². The van der Waals surface area contributed by atoms with Gasteiger partial charge in [0.25, 0.3) is 5.56 Å². The van der Waals surface area contributed by atoms with Crippen molar-refractivity contribution in [3.05, 3.63) is 63.3 Å². The lowest BCUT2D eigenvalue weighted by molar-refractivity contribution is 0.178. The second-order valence-corrected chi connectivity index (χ2v) is 7.09. The van der Waals surface area contributed by atoms with Gasteiger partial charge in [-0.3, -0.25) is 9.69 Å². The van der Waals surface area contributed by atoms with Gasteiger partial charge in [-0.15, -0.1) is 0 Å². The van der Waals surface area contributed by atoms with Crippen LogP contribution >= 0.6 is 0 Å². The molecule has 0 saturated carbocycles. The Hall–Kier alpha value is -2.18. The molecule has 2 aromatic rings. The number of pyridine rings is 1. The summed E-state index contributed by atoms with van der Waals surface area (Å²) in [6.07, 6.45) is 3.19. The number of benzene rings is 1. The van der Waals surface area contributed by atoms with E-state index < -0.39 is 6.04 Å². The van der Waals surface area contributed by atoms with Crippen molar-refractivity contribution >= 4 is 0 Å². The Morgan fingerprint density at radius 2 is 1.96 bits per heavy atom. The number of hydrogen-bond acceptors (Lipinski definition) is 4. The van der Waals surface area contributed by atoms with E-state index in [1.165, 1.54) is 12.1 Å². The average Bonchev–Trinajstić information content (AvgIpc) is 2.65. The van der Waals surface area contributed by atoms with Crippen LogP contribution in [0, 0.1) is 12.7 Å². The molecule has 2 heterocycles. The Morgan fingerprint density at radius 3 is 2.63 bits per heavy atom. The zero-order valence-corrected chi connectivity index (χ0v) is 15.9. The fourth-order valence-electron chi connectivity index (χ4n) is 3.90. The first-order chi connectivity index (χ1) is 13.0. The van der Waals surface area contributed by atoms with Crippen molar-refractivity contribution in [2.75, 3.05) is 26.8 Å². The summed E-state index contributed by atoms with van der Waals surface area (Å²) in [5, 5.41) is 10.7. The van der Waals surface area contributed by atoms with E-state index in [2.05, 4.69) is 4.90 Å². The van der Waals surface area contributed by atoms with Gasteiger partial charge in [0.2, 0.25) is 0 Å². The van der Waals surface area contributed by atoms with E-state index in [0.29, 0.717) is 30.0 Å². The van der Waals surface area contributed by atoms with Gasteiger partial charge in [-0.25, -0.2) is 4.39 Å². The van der Waals surface area contributed by atoms with Crippen LogP contribution in [-0.4, -0.2) is 41.4 Å². The van der Waals surface area contributed by atoms with E-state index in [9.17, 15) is 14.3 Å². The molecular weight excluding hydrogens is 347 g/mol. The molecule has 27 heavy (non-hydrogen) atoms. The van der Waals surface area contributed by atoms with Gasteiger partial charge < -0.3 is 14.4 Å². The third kappa shape index (κ3) is 4.22. The smallest absolute Gasteiger partial charge is 0.259 e. The Kier molecular flexibility index (Phi) is 6.29. The van der Waals surface area contributed by atoms with Crippen molar-refractivity contribution < 1.29 is 14.2 Å². The van der Waals surface area contributed by atoms with Crippen molar-refractivity contribution in [3.8, 4) is 5.75 Å². The molecule has 1 atom stereocenters. The van der Waals surface area contributed by atoms with Crippen molar-refractivity contribution in [2.45, 2.75) is 38.8 Å². The minimum Gasteiger partial charge on any atom is -0.507 e. The van der Waals surface area contributed by atoms with E-state index >= 15 is 0 Å². The van der Waals surface area contributed by atoms with Gasteiger partial charge in [0.05, 0.1) is 18.2 Å². The molecule has 1 saturated heterocycles. The van der Waals surface area contributed by atoms with Crippen LogP contribution in [0.4, 0.5) is 4.39 Å². The number of hydrogen-bond donors (Lipinski definition) is 1. The maximum atomic E-state index is 13.9. The third-order valence-electron chi connectivity index (χ3n) is 5.24. The topological polar surface area (TPSA) is 54.7 Å². The minimum absolute atomic E-state index is 0.0361. The van der Waals surface area contributed by atoms with Gasteiger partial charge in [-0.1, -0.05) is 18.6 Å². The number of halogens is 1. The van der Waals surface area contributed by atoms with E-state index in [-0.39, 0.29) is 17.1 Å². The highest BCUT2D eigenvalue weighted by molar-refractivity contribution is 5.41. The number of likely N-dealkylation sites (tertiary alicyclic amines) is 1. The summed E-state index contributed by atoms with van der Waals surface area (Å²) in [5.74, 6) is -0.383. The summed E-state index contributed by atoms with van der Waals surface area (Å²) in [6.45, 7) is 4.22. The molecule has 3 rings (SSSR count). The molecule has 0 radical (unpaired) electrons. The number of aromatic hydroxyl groups is 1. The highest BCUT2D eigenvalue weighted by Crippen LogP contribution is 2.34. The van der Waals surface area contributed by atoms with E-state index in [0.717, 1.165) is 32.4 Å². The van der Waals surface area contributed by atoms with E-state index in [1.807, 2.05) is 6.07 Å². The van der Waals surface area contributed by atoms with Crippen LogP contribution in [0.1, 0.15) is 42.1 Å². The number of ether oxygens (including phenoxy) is 1. The lowest BCUT2D eigenvalue weighted by Gasteiger charge is -2.35. The minimum atomic E-state index is -0.470. The van der Waals surface area contributed by atoms with Gasteiger partial charge in [0, 0.05) is 19.3 Å². The summed E-state index contributed by atoms with van der Waals surface area (Å²) >= 11 is 0. The average molecular weight is 374 g/mol. The van der Waals surface area contributed by atoms with Gasteiger partial charge in [-0.05, 0) is 56.6 Å². The van der Waals surface area contributed by atoms with Crippen LogP contribution in [0.2, 0.25) is 0 Å². The fourth-order valence-corrected chi connectivity index (χ4v) is 3.90. The number of aryl methyl sites for hydroxylation is 1. The van der Waals surface area contributed by atoms with Gasteiger partial charge >= 0.3 is 0 Å². The Morgan fingerprint density at radius 1 is 1.22 bits per heavy atom. The van der Waals surface area contributed by atoms with Crippen molar-refractivity contribution in [1.29, 1.82) is 0 Å². The molecule has 6 heteroatoms. The number of rotatable bonds is 6. The molecule has 1 N–H and O–H groups in total. The number of methoxy groups -OCH3 is 1. The molecular formula is C21H27FN2O3. The Bertz CT molecular complexity index is 844. The van der Waals surface area contributed by atoms with Crippen LogP contribution in [0.15, 0.2) is 35.1 Å². The molecule has 0 aliphatic carbocycles. The van der Waals surface area contributed by atoms with Crippen LogP contribution in [0.3, 0.4) is 0 Å². The zero-order chi connectivity index (χ0) is 19.4. The monoisotopic (exact) mass is 374 g/mol. The normalized spacial score (nSPS) is 16.4. The van der Waals surface area contributed by atoms with Gasteiger partial charge in [-0.2, -0.15) is 0 Å². The maximum Gasteiger partial charge on any atom is 0.259 e. The first kappa shape index (κ1) is 19.6. The van der Waals surface area contributed by atoms with Crippen LogP contribution in [0.5, 0.6) is 5.75 Å². The molecule has 146 valence electrons. The molecule has 0 amide bonds. The van der Waals surface area contributed by atoms with Crippen LogP contribution in [-0.2, 0) is 11.3 Å². The molecule has 1 aliphatic heterocycles. The zero-order valence-electron chi connectivity index (χ0n) is 15.9. The van der Waals surface area contributed by atoms with Crippen molar-refractivity contribution in [1.82, 2.24) is 9.47 Å². The molecule has 0 spiro atoms. The molecule has 1 aliphatic rings. The highest BCUT2D eigenvalue weighted by Gasteiger charge is 2.30. The Labute approximate surface area is 159 Å². The summed E-state index contributed by atoms with van der Waals surface area (Å²) in [7, 11) is 1.59. The SMILES string of the molecule is COCCn1c(C)cc(O)c([C@@H](c2cccc(F)c2)N2CCCCC2)c1=O. The quantitative estimate of drug-likeness (QED) is 0.844. The maximum absolute atomic E-state index is 13.9. The second-order valence-electron chi connectivity index (χ2n) is 7.09. The summed E-state index contributed by atoms with van der Waals surface area (Å²) in [4.78, 5) is 15.5. The van der Waals surface area contributed by atoms with E-state index in [4.69, 9.17) is 4.74 Å². The number of nitrogens with zero attached hydrogens (tertiary/aromatic N) is 2. The summed E-state index contributed by atoms with van der Waals surface area (Å²) < 4.78 is 20.7. The predicted molar refractivity (Wildman–Crippen MR) is 103 cm³/mol. The second kappa shape index (κ2) is 8.67. The number of piperidine rings is 1. The van der Waals surface area contributed by atoms with Gasteiger partial charge in [0.15, 0.2) is 0 Å². The highest BCUT2D eigenvalue weighted by atomic mass is 19.1. The lowest BCUT2D eigenvalue weighted by Crippen LogP contribution is -2.39. The van der Waals surface area contributed by atoms with E-state index in [1.54, 1.807) is 30.7 Å². The van der Waals surface area contributed by atoms with Crippen LogP contribution in [0.25, 0.3) is 0 Å².